The lowest BCUT2D eigenvalue weighted by molar-refractivity contribution is -0.127. The van der Waals surface area contributed by atoms with Crippen LogP contribution in [0.1, 0.15) is 5.56 Å². The summed E-state index contributed by atoms with van der Waals surface area (Å²) in [6.07, 6.45) is 0. The van der Waals surface area contributed by atoms with E-state index >= 15 is 0 Å². The van der Waals surface area contributed by atoms with Gasteiger partial charge in [-0.25, -0.2) is 0 Å². The van der Waals surface area contributed by atoms with Crippen LogP contribution in [0.5, 0.6) is 0 Å². The van der Waals surface area contributed by atoms with Gasteiger partial charge < -0.3 is 15.5 Å². The van der Waals surface area contributed by atoms with E-state index < -0.39 is 0 Å². The molecule has 1 aromatic carbocycles. The van der Waals surface area contributed by atoms with Crippen LogP contribution in [0.2, 0.25) is 0 Å². The van der Waals surface area contributed by atoms with Gasteiger partial charge in [-0.1, -0.05) is 6.07 Å². The van der Waals surface area contributed by atoms with Crippen molar-refractivity contribution in [3.05, 3.63) is 23.8 Å². The molecule has 88 valence electrons. The molecule has 1 amide bonds. The Morgan fingerprint density at radius 3 is 2.50 bits per heavy atom. The molecule has 0 atom stereocenters. The Kier molecular flexibility index (Phi) is 3.77. The lowest BCUT2D eigenvalue weighted by atomic mass is 10.1. The fraction of sp³-hybridized carbons (Fsp3) is 0.417. The predicted molar refractivity (Wildman–Crippen MR) is 67.6 cm³/mol. The van der Waals surface area contributed by atoms with E-state index in [-0.39, 0.29) is 5.91 Å². The first kappa shape index (κ1) is 12.4. The molecule has 0 fully saturated rings. The summed E-state index contributed by atoms with van der Waals surface area (Å²) >= 11 is 0. The van der Waals surface area contributed by atoms with Gasteiger partial charge in [-0.2, -0.15) is 0 Å². The molecule has 0 aliphatic carbocycles. The molecule has 1 rings (SSSR count). The number of rotatable bonds is 3. The topological polar surface area (TPSA) is 49.6 Å². The molecule has 2 N–H and O–H groups in total. The number of anilines is 2. The zero-order chi connectivity index (χ0) is 12.3. The molecule has 0 aliphatic rings. The molecule has 0 radical (unpaired) electrons. The molecule has 0 heterocycles. The van der Waals surface area contributed by atoms with Gasteiger partial charge in [0.15, 0.2) is 0 Å². The normalized spacial score (nSPS) is 10.0. The average molecular weight is 221 g/mol. The zero-order valence-corrected chi connectivity index (χ0v) is 10.3. The van der Waals surface area contributed by atoms with Crippen molar-refractivity contribution in [1.82, 2.24) is 4.90 Å². The Labute approximate surface area is 96.6 Å². The second-order valence-electron chi connectivity index (χ2n) is 4.14. The molecule has 0 spiro atoms. The summed E-state index contributed by atoms with van der Waals surface area (Å²) in [6.45, 7) is 2.32. The number of amides is 1. The number of hydrogen-bond donors (Lipinski definition) is 1. The summed E-state index contributed by atoms with van der Waals surface area (Å²) in [6, 6.07) is 5.73. The number of nitrogens with two attached hydrogens (primary N) is 1. The van der Waals surface area contributed by atoms with Crippen molar-refractivity contribution in [1.29, 1.82) is 0 Å². The predicted octanol–water partition coefficient (Wildman–Crippen LogP) is 1.10. The van der Waals surface area contributed by atoms with Crippen LogP contribution in [0.25, 0.3) is 0 Å². The van der Waals surface area contributed by atoms with Crippen LogP contribution in [0.3, 0.4) is 0 Å². The number of carbonyl (C=O) groups is 1. The highest BCUT2D eigenvalue weighted by Crippen LogP contribution is 2.23. The van der Waals surface area contributed by atoms with E-state index in [1.54, 1.807) is 19.0 Å². The van der Waals surface area contributed by atoms with Crippen LogP contribution in [0.15, 0.2) is 18.2 Å². The standard InChI is InChI=1S/C12H19N3O/c1-9-10(13)6-5-7-11(9)15(4)8-12(16)14(2)3/h5-7H,8,13H2,1-4H3. The summed E-state index contributed by atoms with van der Waals surface area (Å²) in [5.74, 6) is 0.0734. The Balaban J connectivity index is 2.85. The second-order valence-corrected chi connectivity index (χ2v) is 4.14. The van der Waals surface area contributed by atoms with Crippen LogP contribution >= 0.6 is 0 Å². The SMILES string of the molecule is Cc1c(N)cccc1N(C)CC(=O)N(C)C. The largest absolute Gasteiger partial charge is 0.398 e. The van der Waals surface area contributed by atoms with Gasteiger partial charge in [-0.3, -0.25) is 4.79 Å². The quantitative estimate of drug-likeness (QED) is 0.778. The van der Waals surface area contributed by atoms with Crippen molar-refractivity contribution in [2.24, 2.45) is 0 Å². The Morgan fingerprint density at radius 1 is 1.31 bits per heavy atom. The van der Waals surface area contributed by atoms with Gasteiger partial charge in [0.2, 0.25) is 5.91 Å². The van der Waals surface area contributed by atoms with Gasteiger partial charge in [-0.05, 0) is 24.6 Å². The fourth-order valence-corrected chi connectivity index (χ4v) is 1.48. The number of hydrogen-bond acceptors (Lipinski definition) is 3. The molecule has 1 aromatic rings. The Bertz CT molecular complexity index is 388. The number of nitrogen functional groups attached to an aromatic ring is 1. The molecule has 4 nitrogen and oxygen atoms in total. The molecule has 0 saturated heterocycles. The van der Waals surface area contributed by atoms with Gasteiger partial charge in [0.05, 0.1) is 6.54 Å². The summed E-state index contributed by atoms with van der Waals surface area (Å²) in [5.41, 5.74) is 8.58. The van der Waals surface area contributed by atoms with E-state index in [0.29, 0.717) is 6.54 Å². The smallest absolute Gasteiger partial charge is 0.241 e. The number of benzene rings is 1. The van der Waals surface area contributed by atoms with E-state index in [9.17, 15) is 4.79 Å². The van der Waals surface area contributed by atoms with Crippen LogP contribution in [0.4, 0.5) is 11.4 Å². The first-order valence-electron chi connectivity index (χ1n) is 5.20. The molecule has 4 heteroatoms. The summed E-state index contributed by atoms with van der Waals surface area (Å²) in [5, 5.41) is 0. The molecular weight excluding hydrogens is 202 g/mol. The molecular formula is C12H19N3O. The van der Waals surface area contributed by atoms with Gasteiger partial charge in [-0.15, -0.1) is 0 Å². The minimum absolute atomic E-state index is 0.0734. The van der Waals surface area contributed by atoms with E-state index in [1.807, 2.05) is 37.1 Å². The lowest BCUT2D eigenvalue weighted by Gasteiger charge is -2.23. The highest BCUT2D eigenvalue weighted by atomic mass is 16.2. The average Bonchev–Trinajstić information content (AvgIpc) is 2.21. The van der Waals surface area contributed by atoms with Crippen LogP contribution in [-0.4, -0.2) is 38.5 Å². The van der Waals surface area contributed by atoms with Crippen LogP contribution < -0.4 is 10.6 Å². The monoisotopic (exact) mass is 221 g/mol. The van der Waals surface area contributed by atoms with Crippen molar-refractivity contribution in [2.75, 3.05) is 38.3 Å². The lowest BCUT2D eigenvalue weighted by Crippen LogP contribution is -2.34. The molecule has 0 saturated carbocycles. The van der Waals surface area contributed by atoms with Crippen LogP contribution in [-0.2, 0) is 4.79 Å². The van der Waals surface area contributed by atoms with Gasteiger partial charge in [0.1, 0.15) is 0 Å². The first-order valence-corrected chi connectivity index (χ1v) is 5.20. The fourth-order valence-electron chi connectivity index (χ4n) is 1.48. The van der Waals surface area contributed by atoms with Gasteiger partial charge >= 0.3 is 0 Å². The van der Waals surface area contributed by atoms with E-state index in [4.69, 9.17) is 5.73 Å². The molecule has 0 aliphatic heterocycles. The molecule has 0 unspecified atom stereocenters. The van der Waals surface area contributed by atoms with E-state index in [1.165, 1.54) is 0 Å². The van der Waals surface area contributed by atoms with Crippen LogP contribution in [0, 0.1) is 6.92 Å². The summed E-state index contributed by atoms with van der Waals surface area (Å²) in [7, 11) is 5.40. The molecule has 0 aromatic heterocycles. The van der Waals surface area contributed by atoms with Crippen molar-refractivity contribution in [3.63, 3.8) is 0 Å². The van der Waals surface area contributed by atoms with Gasteiger partial charge in [0, 0.05) is 32.5 Å². The summed E-state index contributed by atoms with van der Waals surface area (Å²) in [4.78, 5) is 15.1. The zero-order valence-electron chi connectivity index (χ0n) is 10.3. The molecule has 16 heavy (non-hydrogen) atoms. The Morgan fingerprint density at radius 2 is 1.94 bits per heavy atom. The number of nitrogens with zero attached hydrogens (tertiary/aromatic N) is 2. The third-order valence-corrected chi connectivity index (χ3v) is 2.63. The maximum absolute atomic E-state index is 11.6. The third-order valence-electron chi connectivity index (χ3n) is 2.63. The summed E-state index contributed by atoms with van der Waals surface area (Å²) < 4.78 is 0. The highest BCUT2D eigenvalue weighted by Gasteiger charge is 2.11. The van der Waals surface area contributed by atoms with Crippen molar-refractivity contribution < 1.29 is 4.79 Å². The second kappa shape index (κ2) is 4.88. The van der Waals surface area contributed by atoms with Crippen molar-refractivity contribution in [3.8, 4) is 0 Å². The maximum atomic E-state index is 11.6. The van der Waals surface area contributed by atoms with E-state index in [0.717, 1.165) is 16.9 Å². The first-order chi connectivity index (χ1) is 7.43. The third kappa shape index (κ3) is 2.66. The number of carbonyl (C=O) groups excluding carboxylic acids is 1. The highest BCUT2D eigenvalue weighted by molar-refractivity contribution is 5.81. The van der Waals surface area contributed by atoms with Crippen molar-refractivity contribution >= 4 is 17.3 Å². The van der Waals surface area contributed by atoms with E-state index in [2.05, 4.69) is 0 Å². The minimum atomic E-state index is 0.0734. The van der Waals surface area contributed by atoms with Gasteiger partial charge in [0.25, 0.3) is 0 Å². The minimum Gasteiger partial charge on any atom is -0.398 e. The van der Waals surface area contributed by atoms with Crippen molar-refractivity contribution in [2.45, 2.75) is 6.92 Å². The molecule has 0 bridgehead atoms. The maximum Gasteiger partial charge on any atom is 0.241 e. The Hall–Kier alpha value is -1.71. The number of likely N-dealkylation sites (N-methyl/N-ethyl adjacent to an activating group) is 2.